The van der Waals surface area contributed by atoms with Crippen LogP contribution < -0.4 is 31.8 Å². The molecule has 0 saturated heterocycles. The molecule has 7 aromatic carbocycles. The van der Waals surface area contributed by atoms with E-state index < -0.39 is 14.3 Å². The second-order valence-corrected chi connectivity index (χ2v) is 17.6. The molecule has 0 saturated carbocycles. The Balaban J connectivity index is 1.04. The minimum atomic E-state index is -2.99. The van der Waals surface area contributed by atoms with Crippen molar-refractivity contribution in [1.29, 1.82) is 0 Å². The Kier molecular flexibility index (Phi) is 9.86. The third-order valence-electron chi connectivity index (χ3n) is 8.87. The zero-order valence-corrected chi connectivity index (χ0v) is 29.3. The summed E-state index contributed by atoms with van der Waals surface area (Å²) < 4.78 is 29.2. The number of benzene rings is 7. The van der Waals surface area contributed by atoms with Crippen molar-refractivity contribution in [2.45, 2.75) is 0 Å². The SMILES string of the molecule is O=P(c1ccccc1)(c1ccccc1)c1ccc(/C=C/c2ccc(/C=C/c3ccc(P(=O)(c4ccccc4)c4ccccc4)cc3)cc2)cc1. The molecule has 0 aliphatic rings. The maximum atomic E-state index is 14.6. The van der Waals surface area contributed by atoms with Crippen LogP contribution in [0.4, 0.5) is 0 Å². The van der Waals surface area contributed by atoms with Crippen LogP contribution in [0.25, 0.3) is 24.3 Å². The molecule has 2 nitrogen and oxygen atoms in total. The van der Waals surface area contributed by atoms with Crippen LogP contribution in [0.5, 0.6) is 0 Å². The van der Waals surface area contributed by atoms with E-state index in [0.717, 1.165) is 54.1 Å². The molecule has 0 amide bonds. The van der Waals surface area contributed by atoms with Gasteiger partial charge in [-0.1, -0.05) is 218 Å². The van der Waals surface area contributed by atoms with Gasteiger partial charge in [-0.15, -0.1) is 0 Å². The molecule has 0 spiro atoms. The predicted molar refractivity (Wildman–Crippen MR) is 216 cm³/mol. The first-order valence-corrected chi connectivity index (χ1v) is 20.0. The Labute approximate surface area is 294 Å². The molecule has 0 aliphatic carbocycles. The summed E-state index contributed by atoms with van der Waals surface area (Å²) in [6.07, 6.45) is 8.34. The molecule has 0 heterocycles. The normalized spacial score (nSPS) is 12.0. The summed E-state index contributed by atoms with van der Waals surface area (Å²) in [6.45, 7) is 0. The minimum absolute atomic E-state index is 0.819. The standard InChI is InChI=1S/C46H36O2P2/c47-49(41-13-5-1-6-14-41,42-15-7-2-8-16-42)45-33-29-39(30-34-45)27-25-37-21-23-38(24-22-37)26-28-40-31-35-46(36-32-40)50(48,43-17-9-3-10-18-43)44-19-11-4-12-20-44/h1-36H/b27-25+,28-26+. The van der Waals surface area contributed by atoms with Gasteiger partial charge in [0.25, 0.3) is 0 Å². The fourth-order valence-electron chi connectivity index (χ4n) is 6.14. The van der Waals surface area contributed by atoms with E-state index in [1.807, 2.05) is 170 Å². The van der Waals surface area contributed by atoms with Gasteiger partial charge in [-0.05, 0) is 22.3 Å². The van der Waals surface area contributed by atoms with Crippen LogP contribution in [0.3, 0.4) is 0 Å². The molecule has 0 fully saturated rings. The smallest absolute Gasteiger partial charge is 0.171 e. The van der Waals surface area contributed by atoms with E-state index >= 15 is 0 Å². The quantitative estimate of drug-likeness (QED) is 0.107. The van der Waals surface area contributed by atoms with Gasteiger partial charge in [0.05, 0.1) is 0 Å². The highest BCUT2D eigenvalue weighted by Crippen LogP contribution is 2.43. The topological polar surface area (TPSA) is 34.1 Å². The van der Waals surface area contributed by atoms with Gasteiger partial charge in [0.15, 0.2) is 14.3 Å². The molecule has 0 bridgehead atoms. The van der Waals surface area contributed by atoms with E-state index in [9.17, 15) is 9.13 Å². The van der Waals surface area contributed by atoms with Crippen molar-refractivity contribution in [2.24, 2.45) is 0 Å². The highest BCUT2D eigenvalue weighted by Gasteiger charge is 2.30. The molecule has 0 atom stereocenters. The van der Waals surface area contributed by atoms with Crippen molar-refractivity contribution in [2.75, 3.05) is 0 Å². The van der Waals surface area contributed by atoms with Crippen LogP contribution >= 0.6 is 14.3 Å². The third-order valence-corrected chi connectivity index (χ3v) is 15.0. The first-order chi connectivity index (χ1) is 24.5. The first kappa shape index (κ1) is 33.0. The van der Waals surface area contributed by atoms with Crippen LogP contribution in [0, 0.1) is 0 Å². The summed E-state index contributed by atoms with van der Waals surface area (Å²) in [5.74, 6) is 0. The molecule has 0 aliphatic heterocycles. The van der Waals surface area contributed by atoms with E-state index in [2.05, 4.69) is 48.6 Å². The summed E-state index contributed by atoms with van der Waals surface area (Å²) in [7, 11) is -5.97. The second-order valence-electron chi connectivity index (χ2n) is 12.1. The molecule has 4 heteroatoms. The zero-order chi connectivity index (χ0) is 34.2. The van der Waals surface area contributed by atoms with Crippen molar-refractivity contribution in [3.8, 4) is 0 Å². The lowest BCUT2D eigenvalue weighted by Gasteiger charge is -2.20. The molecule has 50 heavy (non-hydrogen) atoms. The van der Waals surface area contributed by atoms with Crippen LogP contribution in [0.1, 0.15) is 22.3 Å². The highest BCUT2D eigenvalue weighted by molar-refractivity contribution is 7.85. The molecule has 0 N–H and O–H groups in total. The average Bonchev–Trinajstić information content (AvgIpc) is 3.21. The molecule has 242 valence electrons. The highest BCUT2D eigenvalue weighted by atomic mass is 31.2. The van der Waals surface area contributed by atoms with Crippen molar-refractivity contribution in [1.82, 2.24) is 0 Å². The number of rotatable bonds is 10. The lowest BCUT2D eigenvalue weighted by molar-refractivity contribution is 0.591. The molecule has 0 radical (unpaired) electrons. The van der Waals surface area contributed by atoms with Gasteiger partial charge >= 0.3 is 0 Å². The Hall–Kier alpha value is -5.52. The number of hydrogen-bond acceptors (Lipinski definition) is 2. The van der Waals surface area contributed by atoms with Gasteiger partial charge in [-0.2, -0.15) is 0 Å². The lowest BCUT2D eigenvalue weighted by atomic mass is 10.1. The van der Waals surface area contributed by atoms with Gasteiger partial charge in [0.1, 0.15) is 0 Å². The largest absolute Gasteiger partial charge is 0.309 e. The molecular formula is C46H36O2P2. The Morgan fingerprint density at radius 2 is 0.420 bits per heavy atom. The van der Waals surface area contributed by atoms with Gasteiger partial charge < -0.3 is 9.13 Å². The Morgan fingerprint density at radius 3 is 0.640 bits per heavy atom. The molecule has 7 rings (SSSR count). The van der Waals surface area contributed by atoms with Crippen molar-refractivity contribution in [3.05, 3.63) is 216 Å². The van der Waals surface area contributed by atoms with Crippen LogP contribution in [-0.2, 0) is 9.13 Å². The summed E-state index contributed by atoms with van der Waals surface area (Å²) in [4.78, 5) is 0. The summed E-state index contributed by atoms with van der Waals surface area (Å²) >= 11 is 0. The summed E-state index contributed by atoms with van der Waals surface area (Å²) in [5, 5.41) is 4.96. The summed E-state index contributed by atoms with van der Waals surface area (Å²) in [5.41, 5.74) is 4.26. The molecule has 0 unspecified atom stereocenters. The molecule has 7 aromatic rings. The third kappa shape index (κ3) is 6.96. The van der Waals surface area contributed by atoms with E-state index in [1.54, 1.807) is 0 Å². The lowest BCUT2D eigenvalue weighted by Crippen LogP contribution is -2.24. The van der Waals surface area contributed by atoms with Gasteiger partial charge in [0.2, 0.25) is 0 Å². The van der Waals surface area contributed by atoms with Crippen molar-refractivity contribution in [3.63, 3.8) is 0 Å². The average molecular weight is 683 g/mol. The van der Waals surface area contributed by atoms with E-state index in [0.29, 0.717) is 0 Å². The first-order valence-electron chi connectivity index (χ1n) is 16.6. The minimum Gasteiger partial charge on any atom is -0.309 e. The summed E-state index contributed by atoms with van der Waals surface area (Å²) in [6, 6.07) is 63.5. The van der Waals surface area contributed by atoms with Gasteiger partial charge in [-0.25, -0.2) is 0 Å². The van der Waals surface area contributed by atoms with Gasteiger partial charge in [-0.3, -0.25) is 0 Å². The predicted octanol–water partition coefficient (Wildman–Crippen LogP) is 9.31. The molecule has 0 aromatic heterocycles. The van der Waals surface area contributed by atoms with E-state index in [-0.39, 0.29) is 0 Å². The van der Waals surface area contributed by atoms with Crippen molar-refractivity contribution >= 4 is 70.4 Å². The maximum Gasteiger partial charge on any atom is 0.171 e. The maximum absolute atomic E-state index is 14.6. The fraction of sp³-hybridized carbons (Fsp3) is 0. The van der Waals surface area contributed by atoms with E-state index in [4.69, 9.17) is 0 Å². The van der Waals surface area contributed by atoms with Crippen LogP contribution in [-0.4, -0.2) is 0 Å². The van der Waals surface area contributed by atoms with Crippen LogP contribution in [0.15, 0.2) is 194 Å². The van der Waals surface area contributed by atoms with Crippen molar-refractivity contribution < 1.29 is 9.13 Å². The Bertz CT molecular complexity index is 2060. The zero-order valence-electron chi connectivity index (χ0n) is 27.5. The fourth-order valence-corrected chi connectivity index (χ4v) is 11.4. The number of hydrogen-bond donors (Lipinski definition) is 0. The van der Waals surface area contributed by atoms with Gasteiger partial charge in [0, 0.05) is 31.8 Å². The van der Waals surface area contributed by atoms with Crippen LogP contribution in [0.2, 0.25) is 0 Å². The second kappa shape index (κ2) is 14.9. The van der Waals surface area contributed by atoms with E-state index in [1.165, 1.54) is 0 Å². The Morgan fingerprint density at radius 1 is 0.240 bits per heavy atom. The monoisotopic (exact) mass is 682 g/mol. The molecular weight excluding hydrogens is 646 g/mol.